The molecule has 0 N–H and O–H groups in total. The molecule has 10 aromatic rings. The van der Waals surface area contributed by atoms with Gasteiger partial charge in [-0.05, 0) is 105 Å². The van der Waals surface area contributed by atoms with E-state index in [1.54, 1.807) is 18.2 Å². The molecule has 310 valence electrons. The lowest BCUT2D eigenvalue weighted by atomic mass is 9.97. The number of pyridine rings is 1. The van der Waals surface area contributed by atoms with Crippen LogP contribution in [-0.4, -0.2) is 16.2 Å². The number of aromatic nitrogens is 1. The van der Waals surface area contributed by atoms with Crippen molar-refractivity contribution in [1.82, 2.24) is 4.98 Å². The molecular weight excluding hydrogens is 787 g/mol. The number of nitrogens with zero attached hydrogens (tertiary/aromatic N) is 1. The van der Waals surface area contributed by atoms with Gasteiger partial charge in [0.1, 0.15) is 51.0 Å². The zero-order valence-corrected chi connectivity index (χ0v) is 35.7. The summed E-state index contributed by atoms with van der Waals surface area (Å²) in [5, 5.41) is 5.54. The Balaban J connectivity index is 0.905. The Labute approximate surface area is 363 Å². The first-order chi connectivity index (χ1) is 30.2. The molecule has 0 aliphatic carbocycles. The van der Waals surface area contributed by atoms with E-state index in [4.69, 9.17) is 27.7 Å². The summed E-state index contributed by atoms with van der Waals surface area (Å²) in [6.45, 7) is 11.8. The van der Waals surface area contributed by atoms with Gasteiger partial charge in [-0.25, -0.2) is 14.6 Å². The summed E-state index contributed by atoms with van der Waals surface area (Å²) in [4.78, 5) is 31.8. The fraction of sp³-hybridized carbons (Fsp3) is 0.145. The second kappa shape index (κ2) is 15.0. The number of rotatable bonds is 7. The minimum absolute atomic E-state index is 0.330. The van der Waals surface area contributed by atoms with E-state index >= 15 is 0 Å². The minimum Gasteiger partial charge on any atom is -0.488 e. The van der Waals surface area contributed by atoms with Gasteiger partial charge in [-0.2, -0.15) is 0 Å². The number of fused-ring (bicyclic) bond motifs is 7. The lowest BCUT2D eigenvalue weighted by Crippen LogP contribution is -2.24. The summed E-state index contributed by atoms with van der Waals surface area (Å²) in [5.74, 6) is 2.18. The summed E-state index contributed by atoms with van der Waals surface area (Å²) >= 11 is 0. The van der Waals surface area contributed by atoms with E-state index in [-0.39, 0.29) is 0 Å². The maximum Gasteiger partial charge on any atom is 0.347 e. The maximum atomic E-state index is 13.5. The molecule has 0 atom stereocenters. The van der Waals surface area contributed by atoms with Crippen molar-refractivity contribution in [3.8, 4) is 67.8 Å². The quantitative estimate of drug-likeness (QED) is 0.115. The number of hydrogen-bond acceptors (Lipinski definition) is 8. The summed E-state index contributed by atoms with van der Waals surface area (Å²) in [6, 6.07) is 48.9. The van der Waals surface area contributed by atoms with E-state index in [0.29, 0.717) is 62.1 Å². The smallest absolute Gasteiger partial charge is 0.347 e. The Morgan fingerprint density at radius 1 is 0.429 bits per heavy atom. The lowest BCUT2D eigenvalue weighted by Gasteiger charge is -2.25. The van der Waals surface area contributed by atoms with Gasteiger partial charge in [0, 0.05) is 34.0 Å². The highest BCUT2D eigenvalue weighted by molar-refractivity contribution is 6.23. The predicted molar refractivity (Wildman–Crippen MR) is 252 cm³/mol. The van der Waals surface area contributed by atoms with Crippen molar-refractivity contribution in [1.29, 1.82) is 0 Å². The van der Waals surface area contributed by atoms with Crippen molar-refractivity contribution in [2.75, 3.05) is 0 Å². The first kappa shape index (κ1) is 39.4. The van der Waals surface area contributed by atoms with Crippen molar-refractivity contribution in [2.24, 2.45) is 0 Å². The average molecular weight is 830 g/mol. The van der Waals surface area contributed by atoms with E-state index < -0.39 is 22.5 Å². The van der Waals surface area contributed by atoms with Crippen LogP contribution >= 0.6 is 0 Å². The van der Waals surface area contributed by atoms with Crippen LogP contribution in [0, 0.1) is 0 Å². The summed E-state index contributed by atoms with van der Waals surface area (Å²) < 4.78 is 30.7. The zero-order chi connectivity index (χ0) is 43.6. The first-order valence-electron chi connectivity index (χ1n) is 20.9. The number of furan rings is 1. The van der Waals surface area contributed by atoms with Gasteiger partial charge in [-0.3, -0.25) is 0 Å². The Morgan fingerprint density at radius 2 is 0.968 bits per heavy atom. The SMILES string of the molecule is CC(C)(C)Oc1cc(OC(C)(C)C)c2cc(-c3cccc(-c4ccc(-c5ccc(-c6ccc(-c7cc8c9ccccc9c9ccccc9c8oc7=O)o6)cc5)cc4)n3)c(=O)oc2c1. The van der Waals surface area contributed by atoms with Crippen LogP contribution in [0.4, 0.5) is 0 Å². The average Bonchev–Trinajstić information content (AvgIpc) is 3.75. The van der Waals surface area contributed by atoms with Gasteiger partial charge in [0.05, 0.1) is 22.3 Å². The van der Waals surface area contributed by atoms with Crippen LogP contribution in [0.1, 0.15) is 41.5 Å². The predicted octanol–water partition coefficient (Wildman–Crippen LogP) is 13.9. The standard InChI is InChI=1S/C55H43NO7/c1-54(2,3)62-36-28-49-43(50(29-36)63-55(4,5)6)31-42(52(57)60-49)46-17-11-16-45(56-46)34-22-18-32(19-23-34)33-20-24-35(25-21-33)47-26-27-48(59-47)44-30-41-39-14-8-7-12-37(39)38-13-9-10-15-40(38)51(41)61-53(44)58/h7-31H,1-6H3. The van der Waals surface area contributed by atoms with Crippen LogP contribution in [0.15, 0.2) is 174 Å². The zero-order valence-electron chi connectivity index (χ0n) is 35.7. The van der Waals surface area contributed by atoms with Crippen LogP contribution in [0.3, 0.4) is 0 Å². The summed E-state index contributed by atoms with van der Waals surface area (Å²) in [5.41, 5.74) is 4.72. The topological polar surface area (TPSA) is 105 Å². The number of hydrogen-bond donors (Lipinski definition) is 0. The van der Waals surface area contributed by atoms with Crippen molar-refractivity contribution >= 4 is 43.5 Å². The molecule has 63 heavy (non-hydrogen) atoms. The third-order valence-corrected chi connectivity index (χ3v) is 10.8. The van der Waals surface area contributed by atoms with Gasteiger partial charge >= 0.3 is 11.3 Å². The molecule has 8 nitrogen and oxygen atoms in total. The Kier molecular flexibility index (Phi) is 9.40. The molecule has 8 heteroatoms. The molecule has 0 fully saturated rings. The van der Waals surface area contributed by atoms with Gasteiger partial charge in [0.15, 0.2) is 0 Å². The van der Waals surface area contributed by atoms with Crippen molar-refractivity contribution in [3.63, 3.8) is 0 Å². The molecule has 0 saturated heterocycles. The molecule has 4 aromatic heterocycles. The molecule has 6 aromatic carbocycles. The normalized spacial score (nSPS) is 12.1. The van der Waals surface area contributed by atoms with Crippen LogP contribution in [0.25, 0.3) is 99.8 Å². The Morgan fingerprint density at radius 3 is 1.63 bits per heavy atom. The molecule has 10 rings (SSSR count). The Hall–Kier alpha value is -7.71. The van der Waals surface area contributed by atoms with Gasteiger partial charge in [0.2, 0.25) is 0 Å². The largest absolute Gasteiger partial charge is 0.488 e. The van der Waals surface area contributed by atoms with Gasteiger partial charge < -0.3 is 22.7 Å². The van der Waals surface area contributed by atoms with Crippen LogP contribution in [-0.2, 0) is 0 Å². The first-order valence-corrected chi connectivity index (χ1v) is 20.9. The Bertz CT molecular complexity index is 3510. The fourth-order valence-corrected chi connectivity index (χ4v) is 8.12. The molecule has 0 aliphatic heterocycles. The molecule has 0 spiro atoms. The molecule has 0 unspecified atom stereocenters. The lowest BCUT2D eigenvalue weighted by molar-refractivity contribution is 0.122. The van der Waals surface area contributed by atoms with E-state index in [1.165, 1.54) is 0 Å². The van der Waals surface area contributed by atoms with Crippen molar-refractivity contribution < 1.29 is 22.7 Å². The van der Waals surface area contributed by atoms with Crippen LogP contribution < -0.4 is 20.7 Å². The second-order valence-corrected chi connectivity index (χ2v) is 17.7. The van der Waals surface area contributed by atoms with E-state index in [2.05, 4.69) is 18.2 Å². The van der Waals surface area contributed by atoms with Crippen LogP contribution in [0.2, 0.25) is 0 Å². The monoisotopic (exact) mass is 829 g/mol. The fourth-order valence-electron chi connectivity index (χ4n) is 8.12. The maximum absolute atomic E-state index is 13.5. The van der Waals surface area contributed by atoms with Crippen LogP contribution in [0.5, 0.6) is 11.5 Å². The molecule has 0 aliphatic rings. The third kappa shape index (κ3) is 7.65. The summed E-state index contributed by atoms with van der Waals surface area (Å²) in [6.07, 6.45) is 0. The van der Waals surface area contributed by atoms with Crippen molar-refractivity contribution in [2.45, 2.75) is 52.7 Å². The van der Waals surface area contributed by atoms with E-state index in [0.717, 1.165) is 49.2 Å². The molecule has 0 bridgehead atoms. The number of ether oxygens (including phenoxy) is 2. The minimum atomic E-state index is -0.507. The molecule has 0 amide bonds. The molecular formula is C55H43NO7. The molecule has 4 heterocycles. The molecule has 0 radical (unpaired) electrons. The number of benzene rings is 6. The second-order valence-electron chi connectivity index (χ2n) is 17.7. The van der Waals surface area contributed by atoms with Gasteiger partial charge in [-0.1, -0.05) is 103 Å². The van der Waals surface area contributed by atoms with Gasteiger partial charge in [-0.15, -0.1) is 0 Å². The highest BCUT2D eigenvalue weighted by Crippen LogP contribution is 2.39. The van der Waals surface area contributed by atoms with Gasteiger partial charge in [0.25, 0.3) is 0 Å². The van der Waals surface area contributed by atoms with Crippen molar-refractivity contribution in [3.05, 3.63) is 172 Å². The van der Waals surface area contributed by atoms with E-state index in [1.807, 2.05) is 157 Å². The van der Waals surface area contributed by atoms with E-state index in [9.17, 15) is 9.59 Å². The molecule has 0 saturated carbocycles. The third-order valence-electron chi connectivity index (χ3n) is 10.8. The highest BCUT2D eigenvalue weighted by Gasteiger charge is 2.22. The highest BCUT2D eigenvalue weighted by atomic mass is 16.5. The summed E-state index contributed by atoms with van der Waals surface area (Å²) in [7, 11) is 0.